The quantitative estimate of drug-likeness (QED) is 0.614. The minimum absolute atomic E-state index is 0.308. The number of carbonyl (C=O) groups is 1. The van der Waals surface area contributed by atoms with Gasteiger partial charge in [-0.05, 0) is 6.07 Å². The van der Waals surface area contributed by atoms with Gasteiger partial charge in [0.1, 0.15) is 0 Å². The number of carbonyl (C=O) groups excluding carboxylic acids is 1. The van der Waals surface area contributed by atoms with Gasteiger partial charge in [-0.25, -0.2) is 9.37 Å². The van der Waals surface area contributed by atoms with Crippen molar-refractivity contribution in [3.05, 3.63) is 29.6 Å². The molecule has 0 fully saturated rings. The highest BCUT2D eigenvalue weighted by Gasteiger charge is 2.16. The van der Waals surface area contributed by atoms with E-state index in [0.717, 1.165) is 17.2 Å². The third kappa shape index (κ3) is 1.80. The predicted molar refractivity (Wildman–Crippen MR) is 42.2 cm³/mol. The van der Waals surface area contributed by atoms with Crippen LogP contribution in [0, 0.1) is 11.8 Å². The van der Waals surface area contributed by atoms with Gasteiger partial charge in [0.25, 0.3) is 5.91 Å². The summed E-state index contributed by atoms with van der Waals surface area (Å²) in [5, 5.41) is 0. The van der Waals surface area contributed by atoms with E-state index in [0.29, 0.717) is 0 Å². The van der Waals surface area contributed by atoms with E-state index >= 15 is 0 Å². The second-order valence-electron chi connectivity index (χ2n) is 2.66. The standard InChI is InChI=1S/C8H8F2N2O/c1-12(2)8(13)5-3-4-11-7(10)6(5)9/h3-4H,1-2H3. The Kier molecular flexibility index (Phi) is 2.55. The third-order valence-electron chi connectivity index (χ3n) is 1.48. The van der Waals surface area contributed by atoms with Gasteiger partial charge < -0.3 is 4.90 Å². The minimum Gasteiger partial charge on any atom is -0.345 e. The minimum atomic E-state index is -1.26. The number of nitrogens with zero attached hydrogens (tertiary/aromatic N) is 2. The third-order valence-corrected chi connectivity index (χ3v) is 1.48. The summed E-state index contributed by atoms with van der Waals surface area (Å²) in [7, 11) is 2.92. The SMILES string of the molecule is CN(C)C(=O)c1ccnc(F)c1F. The number of hydrogen-bond donors (Lipinski definition) is 0. The largest absolute Gasteiger partial charge is 0.345 e. The Morgan fingerprint density at radius 2 is 2.08 bits per heavy atom. The first-order valence-electron chi connectivity index (χ1n) is 3.55. The van der Waals surface area contributed by atoms with Gasteiger partial charge in [0.15, 0.2) is 5.82 Å². The average molecular weight is 186 g/mol. The zero-order valence-electron chi connectivity index (χ0n) is 7.21. The maximum absolute atomic E-state index is 12.9. The Morgan fingerprint density at radius 1 is 1.46 bits per heavy atom. The number of halogens is 2. The summed E-state index contributed by atoms with van der Waals surface area (Å²) in [5.41, 5.74) is -0.308. The van der Waals surface area contributed by atoms with Gasteiger partial charge in [0.05, 0.1) is 5.56 Å². The molecule has 1 aromatic rings. The lowest BCUT2D eigenvalue weighted by atomic mass is 10.2. The van der Waals surface area contributed by atoms with Crippen LogP contribution in [0.15, 0.2) is 12.3 Å². The van der Waals surface area contributed by atoms with E-state index in [4.69, 9.17) is 0 Å². The summed E-state index contributed by atoms with van der Waals surface area (Å²) in [6.07, 6.45) is 1.05. The first kappa shape index (κ1) is 9.57. The number of amides is 1. The summed E-state index contributed by atoms with van der Waals surface area (Å²) in [5.74, 6) is -3.05. The fourth-order valence-corrected chi connectivity index (χ4v) is 0.824. The fraction of sp³-hybridized carbons (Fsp3) is 0.250. The van der Waals surface area contributed by atoms with Gasteiger partial charge >= 0.3 is 0 Å². The van der Waals surface area contributed by atoms with Crippen molar-refractivity contribution in [3.63, 3.8) is 0 Å². The van der Waals surface area contributed by atoms with Crippen molar-refractivity contribution in [2.24, 2.45) is 0 Å². The van der Waals surface area contributed by atoms with Gasteiger partial charge in [0.2, 0.25) is 5.95 Å². The molecule has 1 heterocycles. The lowest BCUT2D eigenvalue weighted by Crippen LogP contribution is -2.23. The van der Waals surface area contributed by atoms with Crippen LogP contribution in [-0.2, 0) is 0 Å². The zero-order chi connectivity index (χ0) is 10.0. The fourth-order valence-electron chi connectivity index (χ4n) is 0.824. The molecule has 0 saturated carbocycles. The molecular weight excluding hydrogens is 178 g/mol. The molecule has 0 N–H and O–H groups in total. The molecule has 0 atom stereocenters. The molecule has 70 valence electrons. The molecule has 3 nitrogen and oxygen atoms in total. The summed E-state index contributed by atoms with van der Waals surface area (Å²) in [6, 6.07) is 1.14. The van der Waals surface area contributed by atoms with Gasteiger partial charge in [-0.15, -0.1) is 0 Å². The number of hydrogen-bond acceptors (Lipinski definition) is 2. The molecule has 0 radical (unpaired) electrons. The molecule has 1 rings (SSSR count). The van der Waals surface area contributed by atoms with Crippen molar-refractivity contribution in [3.8, 4) is 0 Å². The van der Waals surface area contributed by atoms with Gasteiger partial charge in [-0.3, -0.25) is 4.79 Å². The van der Waals surface area contributed by atoms with Crippen molar-refractivity contribution in [1.29, 1.82) is 0 Å². The van der Waals surface area contributed by atoms with Crippen LogP contribution in [0.4, 0.5) is 8.78 Å². The van der Waals surface area contributed by atoms with Crippen LogP contribution in [0.1, 0.15) is 10.4 Å². The predicted octanol–water partition coefficient (Wildman–Crippen LogP) is 1.06. The molecule has 1 amide bonds. The van der Waals surface area contributed by atoms with Crippen molar-refractivity contribution in [2.75, 3.05) is 14.1 Å². The molecule has 0 aliphatic carbocycles. The van der Waals surface area contributed by atoms with E-state index in [2.05, 4.69) is 4.98 Å². The van der Waals surface area contributed by atoms with E-state index < -0.39 is 17.7 Å². The van der Waals surface area contributed by atoms with E-state index in [9.17, 15) is 13.6 Å². The summed E-state index contributed by atoms with van der Waals surface area (Å²) in [4.78, 5) is 15.4. The molecule has 0 spiro atoms. The monoisotopic (exact) mass is 186 g/mol. The zero-order valence-corrected chi connectivity index (χ0v) is 7.21. The molecule has 0 unspecified atom stereocenters. The maximum atomic E-state index is 12.9. The molecule has 0 aliphatic rings. The smallest absolute Gasteiger partial charge is 0.256 e. The van der Waals surface area contributed by atoms with E-state index in [1.807, 2.05) is 0 Å². The summed E-state index contributed by atoms with van der Waals surface area (Å²) < 4.78 is 25.5. The average Bonchev–Trinajstić information content (AvgIpc) is 2.08. The van der Waals surface area contributed by atoms with Crippen molar-refractivity contribution in [2.45, 2.75) is 0 Å². The highest BCUT2D eigenvalue weighted by molar-refractivity contribution is 5.93. The maximum Gasteiger partial charge on any atom is 0.256 e. The van der Waals surface area contributed by atoms with E-state index in [-0.39, 0.29) is 5.56 Å². The molecule has 0 bridgehead atoms. The second kappa shape index (κ2) is 3.47. The molecule has 0 saturated heterocycles. The Bertz CT molecular complexity index is 339. The van der Waals surface area contributed by atoms with Crippen LogP contribution in [0.25, 0.3) is 0 Å². The van der Waals surface area contributed by atoms with Crippen LogP contribution in [0.3, 0.4) is 0 Å². The van der Waals surface area contributed by atoms with Crippen LogP contribution < -0.4 is 0 Å². The topological polar surface area (TPSA) is 33.2 Å². The highest BCUT2D eigenvalue weighted by atomic mass is 19.2. The summed E-state index contributed by atoms with van der Waals surface area (Å²) in [6.45, 7) is 0. The van der Waals surface area contributed by atoms with Crippen molar-refractivity contribution in [1.82, 2.24) is 9.88 Å². The van der Waals surface area contributed by atoms with Crippen molar-refractivity contribution >= 4 is 5.91 Å². The Labute approximate surface area is 74.0 Å². The molecular formula is C8H8F2N2O. The number of rotatable bonds is 1. The van der Waals surface area contributed by atoms with Gasteiger partial charge in [-0.1, -0.05) is 0 Å². The molecule has 5 heteroatoms. The number of pyridine rings is 1. The van der Waals surface area contributed by atoms with Gasteiger partial charge in [0, 0.05) is 20.3 Å². The summed E-state index contributed by atoms with van der Waals surface area (Å²) >= 11 is 0. The van der Waals surface area contributed by atoms with Crippen LogP contribution in [-0.4, -0.2) is 29.9 Å². The Balaban J connectivity index is 3.15. The first-order valence-corrected chi connectivity index (χ1v) is 3.55. The highest BCUT2D eigenvalue weighted by Crippen LogP contribution is 2.10. The Morgan fingerprint density at radius 3 is 2.62 bits per heavy atom. The van der Waals surface area contributed by atoms with Crippen LogP contribution in [0.5, 0.6) is 0 Å². The Hall–Kier alpha value is -1.52. The first-order chi connectivity index (χ1) is 6.04. The van der Waals surface area contributed by atoms with Crippen molar-refractivity contribution < 1.29 is 13.6 Å². The second-order valence-corrected chi connectivity index (χ2v) is 2.66. The molecule has 0 aromatic carbocycles. The van der Waals surface area contributed by atoms with Crippen LogP contribution in [0.2, 0.25) is 0 Å². The lowest BCUT2D eigenvalue weighted by molar-refractivity contribution is 0.0821. The van der Waals surface area contributed by atoms with E-state index in [1.54, 1.807) is 0 Å². The molecule has 1 aromatic heterocycles. The molecule has 13 heavy (non-hydrogen) atoms. The van der Waals surface area contributed by atoms with Gasteiger partial charge in [-0.2, -0.15) is 4.39 Å². The number of aromatic nitrogens is 1. The van der Waals surface area contributed by atoms with Crippen LogP contribution >= 0.6 is 0 Å². The van der Waals surface area contributed by atoms with E-state index in [1.165, 1.54) is 14.1 Å². The normalized spacial score (nSPS) is 9.85. The lowest BCUT2D eigenvalue weighted by Gasteiger charge is -2.10. The molecule has 0 aliphatic heterocycles.